The van der Waals surface area contributed by atoms with E-state index < -0.39 is 0 Å². The Morgan fingerprint density at radius 3 is 3.18 bits per heavy atom. The minimum atomic E-state index is 0.818. The number of nitrogens with zero attached hydrogens (tertiary/aromatic N) is 2. The van der Waals surface area contributed by atoms with Crippen molar-refractivity contribution in [3.63, 3.8) is 0 Å². The third-order valence-corrected chi connectivity index (χ3v) is 1.78. The first kappa shape index (κ1) is 6.22. The standard InChI is InChI=1S/C8H9N3/c1-6-5-11-7(2-3-10-11)4-8(6)9/h2-5H,9H2,1H3. The summed E-state index contributed by atoms with van der Waals surface area (Å²) in [6.07, 6.45) is 3.68. The van der Waals surface area contributed by atoms with Gasteiger partial charge in [0.2, 0.25) is 0 Å². The average Bonchev–Trinajstić information content (AvgIpc) is 2.36. The highest BCUT2D eigenvalue weighted by Crippen LogP contribution is 2.12. The van der Waals surface area contributed by atoms with Gasteiger partial charge in [-0.2, -0.15) is 5.10 Å². The van der Waals surface area contributed by atoms with E-state index in [-0.39, 0.29) is 0 Å². The van der Waals surface area contributed by atoms with Gasteiger partial charge in [-0.15, -0.1) is 0 Å². The van der Waals surface area contributed by atoms with Crippen LogP contribution in [0.4, 0.5) is 5.69 Å². The molecule has 0 fully saturated rings. The molecule has 0 atom stereocenters. The number of aromatic nitrogens is 2. The van der Waals surface area contributed by atoms with Gasteiger partial charge < -0.3 is 5.73 Å². The molecule has 0 amide bonds. The van der Waals surface area contributed by atoms with Crippen molar-refractivity contribution in [1.82, 2.24) is 9.61 Å². The molecule has 2 N–H and O–H groups in total. The molecule has 0 spiro atoms. The van der Waals surface area contributed by atoms with Crippen LogP contribution in [-0.2, 0) is 0 Å². The number of nitrogens with two attached hydrogens (primary N) is 1. The molecule has 56 valence electrons. The summed E-state index contributed by atoms with van der Waals surface area (Å²) in [5.41, 5.74) is 8.61. The summed E-state index contributed by atoms with van der Waals surface area (Å²) in [7, 11) is 0. The van der Waals surface area contributed by atoms with Crippen LogP contribution < -0.4 is 5.73 Å². The monoisotopic (exact) mass is 147 g/mol. The fraction of sp³-hybridized carbons (Fsp3) is 0.125. The zero-order chi connectivity index (χ0) is 7.84. The van der Waals surface area contributed by atoms with E-state index in [1.54, 1.807) is 6.20 Å². The first-order valence-electron chi connectivity index (χ1n) is 3.47. The Morgan fingerprint density at radius 1 is 1.55 bits per heavy atom. The molecule has 2 aromatic rings. The van der Waals surface area contributed by atoms with Gasteiger partial charge in [-0.05, 0) is 24.6 Å². The second-order valence-corrected chi connectivity index (χ2v) is 2.61. The lowest BCUT2D eigenvalue weighted by molar-refractivity contribution is 0.953. The Balaban J connectivity index is 2.86. The lowest BCUT2D eigenvalue weighted by atomic mass is 10.2. The fourth-order valence-electron chi connectivity index (χ4n) is 1.08. The number of nitrogen functional groups attached to an aromatic ring is 1. The molecule has 0 aliphatic rings. The number of rotatable bonds is 0. The van der Waals surface area contributed by atoms with Crippen molar-refractivity contribution in [1.29, 1.82) is 0 Å². The first-order valence-corrected chi connectivity index (χ1v) is 3.47. The van der Waals surface area contributed by atoms with Gasteiger partial charge in [-0.25, -0.2) is 4.52 Å². The van der Waals surface area contributed by atoms with Crippen LogP contribution in [0.5, 0.6) is 0 Å². The van der Waals surface area contributed by atoms with E-state index in [1.165, 1.54) is 0 Å². The Hall–Kier alpha value is -1.51. The van der Waals surface area contributed by atoms with Crippen LogP contribution in [0.25, 0.3) is 5.52 Å². The summed E-state index contributed by atoms with van der Waals surface area (Å²) in [4.78, 5) is 0. The molecule has 2 rings (SSSR count). The quantitative estimate of drug-likeness (QED) is 0.609. The minimum Gasteiger partial charge on any atom is -0.398 e. The molecule has 2 aromatic heterocycles. The summed E-state index contributed by atoms with van der Waals surface area (Å²) < 4.78 is 1.81. The number of fused-ring (bicyclic) bond motifs is 1. The van der Waals surface area contributed by atoms with Gasteiger partial charge in [0.05, 0.1) is 5.52 Å². The fourth-order valence-corrected chi connectivity index (χ4v) is 1.08. The lowest BCUT2D eigenvalue weighted by Gasteiger charge is -1.99. The maximum atomic E-state index is 5.70. The van der Waals surface area contributed by atoms with Crippen molar-refractivity contribution in [3.8, 4) is 0 Å². The molecule has 0 saturated heterocycles. The van der Waals surface area contributed by atoms with Gasteiger partial charge in [0.15, 0.2) is 0 Å². The largest absolute Gasteiger partial charge is 0.398 e. The van der Waals surface area contributed by atoms with Crippen LogP contribution in [0.3, 0.4) is 0 Å². The van der Waals surface area contributed by atoms with Crippen LogP contribution in [0.2, 0.25) is 0 Å². The van der Waals surface area contributed by atoms with E-state index in [0.717, 1.165) is 16.8 Å². The summed E-state index contributed by atoms with van der Waals surface area (Å²) >= 11 is 0. The van der Waals surface area contributed by atoms with Gasteiger partial charge in [0, 0.05) is 18.1 Å². The van der Waals surface area contributed by atoms with Crippen LogP contribution in [0.1, 0.15) is 5.56 Å². The Kier molecular flexibility index (Phi) is 1.12. The van der Waals surface area contributed by atoms with Crippen molar-refractivity contribution in [3.05, 3.63) is 30.1 Å². The van der Waals surface area contributed by atoms with Crippen molar-refractivity contribution >= 4 is 11.2 Å². The number of aryl methyl sites for hydroxylation is 1. The van der Waals surface area contributed by atoms with Gasteiger partial charge in [-0.3, -0.25) is 0 Å². The van der Waals surface area contributed by atoms with Gasteiger partial charge in [0.25, 0.3) is 0 Å². The van der Waals surface area contributed by atoms with E-state index in [2.05, 4.69) is 5.10 Å². The van der Waals surface area contributed by atoms with Crippen molar-refractivity contribution < 1.29 is 0 Å². The predicted octanol–water partition coefficient (Wildman–Crippen LogP) is 1.22. The molecule has 0 saturated carbocycles. The molecule has 0 bridgehead atoms. The van der Waals surface area contributed by atoms with Gasteiger partial charge in [-0.1, -0.05) is 0 Å². The number of hydrogen-bond acceptors (Lipinski definition) is 2. The van der Waals surface area contributed by atoms with Crippen molar-refractivity contribution in [2.24, 2.45) is 0 Å². The molecule has 2 heterocycles. The van der Waals surface area contributed by atoms with E-state index in [9.17, 15) is 0 Å². The van der Waals surface area contributed by atoms with Crippen LogP contribution in [0.15, 0.2) is 24.5 Å². The Labute approximate surface area is 64.4 Å². The highest BCUT2D eigenvalue weighted by molar-refractivity contribution is 5.58. The smallest absolute Gasteiger partial charge is 0.0682 e. The van der Waals surface area contributed by atoms with E-state index in [4.69, 9.17) is 5.73 Å². The second-order valence-electron chi connectivity index (χ2n) is 2.61. The van der Waals surface area contributed by atoms with Crippen molar-refractivity contribution in [2.75, 3.05) is 5.73 Å². The van der Waals surface area contributed by atoms with Gasteiger partial charge >= 0.3 is 0 Å². The molecular formula is C8H9N3. The maximum Gasteiger partial charge on any atom is 0.0682 e. The zero-order valence-corrected chi connectivity index (χ0v) is 6.28. The summed E-state index contributed by atoms with van der Waals surface area (Å²) in [6.45, 7) is 1.97. The Bertz CT molecular complexity index is 353. The van der Waals surface area contributed by atoms with Gasteiger partial charge in [0.1, 0.15) is 0 Å². The van der Waals surface area contributed by atoms with Crippen LogP contribution >= 0.6 is 0 Å². The lowest BCUT2D eigenvalue weighted by Crippen LogP contribution is -1.93. The molecule has 11 heavy (non-hydrogen) atoms. The number of pyridine rings is 1. The molecule has 3 heteroatoms. The molecule has 3 nitrogen and oxygen atoms in total. The highest BCUT2D eigenvalue weighted by atomic mass is 15.2. The number of hydrogen-bond donors (Lipinski definition) is 1. The molecular weight excluding hydrogens is 138 g/mol. The molecule has 0 aromatic carbocycles. The van der Waals surface area contributed by atoms with E-state index >= 15 is 0 Å². The molecule has 0 unspecified atom stereocenters. The first-order chi connectivity index (χ1) is 5.27. The maximum absolute atomic E-state index is 5.70. The highest BCUT2D eigenvalue weighted by Gasteiger charge is 1.96. The van der Waals surface area contributed by atoms with Crippen LogP contribution in [0, 0.1) is 6.92 Å². The third-order valence-electron chi connectivity index (χ3n) is 1.78. The molecule has 0 aliphatic heterocycles. The van der Waals surface area contributed by atoms with Crippen LogP contribution in [-0.4, -0.2) is 9.61 Å². The third kappa shape index (κ3) is 0.852. The summed E-state index contributed by atoms with van der Waals surface area (Å²) in [6, 6.07) is 3.85. The number of anilines is 1. The summed E-state index contributed by atoms with van der Waals surface area (Å²) in [5, 5.41) is 4.08. The van der Waals surface area contributed by atoms with E-state index in [0.29, 0.717) is 0 Å². The minimum absolute atomic E-state index is 0.818. The SMILES string of the molecule is Cc1cn2nccc2cc1N. The average molecular weight is 147 g/mol. The second kappa shape index (κ2) is 1.99. The molecule has 0 aliphatic carbocycles. The molecule has 0 radical (unpaired) electrons. The topological polar surface area (TPSA) is 43.3 Å². The van der Waals surface area contributed by atoms with Crippen molar-refractivity contribution in [2.45, 2.75) is 6.92 Å². The zero-order valence-electron chi connectivity index (χ0n) is 6.28. The normalized spacial score (nSPS) is 10.6. The Morgan fingerprint density at radius 2 is 2.36 bits per heavy atom. The van der Waals surface area contributed by atoms with E-state index in [1.807, 2.05) is 29.8 Å². The predicted molar refractivity (Wildman–Crippen MR) is 44.3 cm³/mol. The summed E-state index contributed by atoms with van der Waals surface area (Å²) in [5.74, 6) is 0.